The number of allylic oxidation sites excluding steroid dienone is 3. The van der Waals surface area contributed by atoms with Crippen LogP contribution in [0.2, 0.25) is 0 Å². The standard InChI is InChI=1S/C25H30N2O/c1-21-7-13-25(14-8-21)28-20-23-11-9-22(10-12-23)19-26-15-17-27(18-16-26)24-5-3-2-4-6-24/h3,5-14H,2,4,15-20H2,1H3. The van der Waals surface area contributed by atoms with Gasteiger partial charge in [0, 0.05) is 38.4 Å². The van der Waals surface area contributed by atoms with Crippen molar-refractivity contribution >= 4 is 0 Å². The van der Waals surface area contributed by atoms with Crippen molar-refractivity contribution in [2.24, 2.45) is 0 Å². The zero-order chi connectivity index (χ0) is 19.2. The normalized spacial score (nSPS) is 17.5. The summed E-state index contributed by atoms with van der Waals surface area (Å²) in [6.07, 6.45) is 9.34. The second kappa shape index (κ2) is 9.11. The first-order valence-corrected chi connectivity index (χ1v) is 10.4. The maximum atomic E-state index is 5.88. The summed E-state index contributed by atoms with van der Waals surface area (Å²) in [6, 6.07) is 17.1. The Morgan fingerprint density at radius 3 is 2.21 bits per heavy atom. The van der Waals surface area contributed by atoms with Crippen LogP contribution in [-0.2, 0) is 13.2 Å². The van der Waals surface area contributed by atoms with Crippen LogP contribution in [0, 0.1) is 6.92 Å². The molecule has 2 aromatic rings. The van der Waals surface area contributed by atoms with E-state index in [4.69, 9.17) is 4.74 Å². The molecule has 4 rings (SSSR count). The van der Waals surface area contributed by atoms with Crippen molar-refractivity contribution in [2.45, 2.75) is 32.9 Å². The van der Waals surface area contributed by atoms with E-state index in [2.05, 4.69) is 71.3 Å². The molecule has 3 heteroatoms. The Hall–Kier alpha value is -2.52. The molecule has 0 atom stereocenters. The summed E-state index contributed by atoms with van der Waals surface area (Å²) in [5, 5.41) is 0. The van der Waals surface area contributed by atoms with Gasteiger partial charge in [0.2, 0.25) is 0 Å². The van der Waals surface area contributed by atoms with Gasteiger partial charge in [0.15, 0.2) is 0 Å². The van der Waals surface area contributed by atoms with Crippen LogP contribution in [-0.4, -0.2) is 36.0 Å². The Kier molecular flexibility index (Phi) is 6.13. The second-order valence-corrected chi connectivity index (χ2v) is 7.79. The van der Waals surface area contributed by atoms with Gasteiger partial charge in [-0.25, -0.2) is 0 Å². The molecule has 0 radical (unpaired) electrons. The largest absolute Gasteiger partial charge is 0.489 e. The lowest BCUT2D eigenvalue weighted by Crippen LogP contribution is -2.45. The molecule has 0 unspecified atom stereocenters. The second-order valence-electron chi connectivity index (χ2n) is 7.79. The molecule has 0 bridgehead atoms. The minimum absolute atomic E-state index is 0.616. The molecule has 0 aromatic heterocycles. The Morgan fingerprint density at radius 2 is 1.54 bits per heavy atom. The number of benzene rings is 2. The van der Waals surface area contributed by atoms with E-state index in [1.807, 2.05) is 12.1 Å². The molecule has 0 spiro atoms. The fraction of sp³-hybridized carbons (Fsp3) is 0.360. The van der Waals surface area contributed by atoms with Gasteiger partial charge in [0.05, 0.1) is 0 Å². The Labute approximate surface area is 168 Å². The average molecular weight is 375 g/mol. The number of rotatable bonds is 6. The van der Waals surface area contributed by atoms with Gasteiger partial charge in [0.25, 0.3) is 0 Å². The highest BCUT2D eigenvalue weighted by Crippen LogP contribution is 2.18. The van der Waals surface area contributed by atoms with E-state index in [0.717, 1.165) is 38.5 Å². The van der Waals surface area contributed by atoms with Gasteiger partial charge in [-0.2, -0.15) is 0 Å². The van der Waals surface area contributed by atoms with Crippen LogP contribution in [0.4, 0.5) is 0 Å². The molecular weight excluding hydrogens is 344 g/mol. The van der Waals surface area contributed by atoms with Crippen molar-refractivity contribution in [3.05, 3.63) is 89.1 Å². The molecule has 3 nitrogen and oxygen atoms in total. The average Bonchev–Trinajstić information content (AvgIpc) is 2.76. The number of nitrogens with zero attached hydrogens (tertiary/aromatic N) is 2. The van der Waals surface area contributed by atoms with Crippen LogP contribution in [0.15, 0.2) is 72.5 Å². The Morgan fingerprint density at radius 1 is 0.821 bits per heavy atom. The highest BCUT2D eigenvalue weighted by Gasteiger charge is 2.18. The molecule has 2 aliphatic rings. The minimum Gasteiger partial charge on any atom is -0.489 e. The van der Waals surface area contributed by atoms with Crippen LogP contribution in [0.3, 0.4) is 0 Å². The fourth-order valence-electron chi connectivity index (χ4n) is 3.80. The lowest BCUT2D eigenvalue weighted by molar-refractivity contribution is 0.155. The molecule has 0 N–H and O–H groups in total. The van der Waals surface area contributed by atoms with Gasteiger partial charge in [-0.05, 0) is 49.1 Å². The fourth-order valence-corrected chi connectivity index (χ4v) is 3.80. The third-order valence-corrected chi connectivity index (χ3v) is 5.57. The van der Waals surface area contributed by atoms with Crippen molar-refractivity contribution in [3.8, 4) is 5.75 Å². The molecule has 1 aliphatic carbocycles. The van der Waals surface area contributed by atoms with Gasteiger partial charge in [-0.3, -0.25) is 4.90 Å². The molecule has 1 heterocycles. The first-order valence-electron chi connectivity index (χ1n) is 10.4. The van der Waals surface area contributed by atoms with Gasteiger partial charge >= 0.3 is 0 Å². The van der Waals surface area contributed by atoms with E-state index in [-0.39, 0.29) is 0 Å². The van der Waals surface area contributed by atoms with Gasteiger partial charge in [-0.1, -0.05) is 54.1 Å². The molecule has 2 aromatic carbocycles. The summed E-state index contributed by atoms with van der Waals surface area (Å²) in [7, 11) is 0. The predicted molar refractivity (Wildman–Crippen MR) is 115 cm³/mol. The van der Waals surface area contributed by atoms with E-state index in [1.165, 1.54) is 35.2 Å². The molecule has 1 aliphatic heterocycles. The number of piperazine rings is 1. The van der Waals surface area contributed by atoms with Gasteiger partial charge in [-0.15, -0.1) is 0 Å². The molecule has 1 saturated heterocycles. The monoisotopic (exact) mass is 374 g/mol. The van der Waals surface area contributed by atoms with E-state index < -0.39 is 0 Å². The topological polar surface area (TPSA) is 15.7 Å². The van der Waals surface area contributed by atoms with Crippen molar-refractivity contribution in [1.29, 1.82) is 0 Å². The summed E-state index contributed by atoms with van der Waals surface area (Å²) in [5.41, 5.74) is 5.27. The minimum atomic E-state index is 0.616. The van der Waals surface area contributed by atoms with Crippen LogP contribution < -0.4 is 4.74 Å². The third kappa shape index (κ3) is 5.05. The quantitative estimate of drug-likeness (QED) is 0.713. The summed E-state index contributed by atoms with van der Waals surface area (Å²) in [4.78, 5) is 5.08. The van der Waals surface area contributed by atoms with E-state index in [9.17, 15) is 0 Å². The number of hydrogen-bond acceptors (Lipinski definition) is 3. The highest BCUT2D eigenvalue weighted by molar-refractivity contribution is 5.28. The van der Waals surface area contributed by atoms with Crippen molar-refractivity contribution < 1.29 is 4.74 Å². The maximum absolute atomic E-state index is 5.88. The first kappa shape index (κ1) is 18.8. The van der Waals surface area contributed by atoms with Crippen LogP contribution >= 0.6 is 0 Å². The van der Waals surface area contributed by atoms with Crippen LogP contribution in [0.5, 0.6) is 5.75 Å². The lowest BCUT2D eigenvalue weighted by Gasteiger charge is -2.37. The van der Waals surface area contributed by atoms with E-state index in [0.29, 0.717) is 6.61 Å². The van der Waals surface area contributed by atoms with Crippen molar-refractivity contribution in [3.63, 3.8) is 0 Å². The zero-order valence-electron chi connectivity index (χ0n) is 16.8. The third-order valence-electron chi connectivity index (χ3n) is 5.57. The number of hydrogen-bond donors (Lipinski definition) is 0. The highest BCUT2D eigenvalue weighted by atomic mass is 16.5. The molecule has 28 heavy (non-hydrogen) atoms. The van der Waals surface area contributed by atoms with Crippen molar-refractivity contribution in [2.75, 3.05) is 26.2 Å². The smallest absolute Gasteiger partial charge is 0.119 e. The molecule has 0 amide bonds. The summed E-state index contributed by atoms with van der Waals surface area (Å²) in [6.45, 7) is 8.24. The lowest BCUT2D eigenvalue weighted by atomic mass is 10.1. The SMILES string of the molecule is Cc1ccc(OCc2ccc(CN3CCN(C4=CCCC=C4)CC3)cc2)cc1. The summed E-state index contributed by atoms with van der Waals surface area (Å²) < 4.78 is 5.88. The zero-order valence-corrected chi connectivity index (χ0v) is 16.8. The molecular formula is C25H30N2O. The predicted octanol–water partition coefficient (Wildman–Crippen LogP) is 4.93. The van der Waals surface area contributed by atoms with E-state index >= 15 is 0 Å². The van der Waals surface area contributed by atoms with Crippen LogP contribution in [0.25, 0.3) is 0 Å². The first-order chi connectivity index (χ1) is 13.8. The number of aryl methyl sites for hydroxylation is 1. The maximum Gasteiger partial charge on any atom is 0.119 e. The van der Waals surface area contributed by atoms with Crippen LogP contribution in [0.1, 0.15) is 29.5 Å². The number of ether oxygens (including phenoxy) is 1. The summed E-state index contributed by atoms with van der Waals surface area (Å²) >= 11 is 0. The van der Waals surface area contributed by atoms with Gasteiger partial charge in [0.1, 0.15) is 12.4 Å². The van der Waals surface area contributed by atoms with Gasteiger partial charge < -0.3 is 9.64 Å². The Bertz CT molecular complexity index is 813. The molecule has 1 fully saturated rings. The Balaban J connectivity index is 1.24. The molecule has 0 saturated carbocycles. The molecule has 146 valence electrons. The van der Waals surface area contributed by atoms with E-state index in [1.54, 1.807) is 0 Å². The van der Waals surface area contributed by atoms with Crippen molar-refractivity contribution in [1.82, 2.24) is 9.80 Å². The summed E-state index contributed by atoms with van der Waals surface area (Å²) in [5.74, 6) is 0.926.